The summed E-state index contributed by atoms with van der Waals surface area (Å²) in [5, 5.41) is 8.35. The third-order valence-electron chi connectivity index (χ3n) is 1.80. The van der Waals surface area contributed by atoms with E-state index in [-0.39, 0.29) is 18.1 Å². The van der Waals surface area contributed by atoms with Gasteiger partial charge in [-0.05, 0) is 6.42 Å². The van der Waals surface area contributed by atoms with E-state index in [4.69, 9.17) is 10.00 Å². The maximum absolute atomic E-state index is 11.1. The van der Waals surface area contributed by atoms with Gasteiger partial charge >= 0.3 is 5.97 Å². The minimum atomic E-state index is -0.238. The molecular formula is C11H17NO2. The van der Waals surface area contributed by atoms with E-state index < -0.39 is 0 Å². The standard InChI is InChI=1S/C11H17NO2/c1-3-4-5-6-7-11(13)14-9-10(2)8-12/h2-7,9H2,1H3. The maximum atomic E-state index is 11.1. The van der Waals surface area contributed by atoms with Gasteiger partial charge in [0.2, 0.25) is 0 Å². The second-order valence-electron chi connectivity index (χ2n) is 3.19. The van der Waals surface area contributed by atoms with Crippen molar-refractivity contribution in [1.29, 1.82) is 5.26 Å². The van der Waals surface area contributed by atoms with Crippen LogP contribution in [0, 0.1) is 11.3 Å². The molecule has 0 radical (unpaired) electrons. The molecule has 0 aromatic heterocycles. The second-order valence-corrected chi connectivity index (χ2v) is 3.19. The van der Waals surface area contributed by atoms with E-state index in [0.717, 1.165) is 25.7 Å². The number of carbonyl (C=O) groups excluding carboxylic acids is 1. The molecule has 0 spiro atoms. The van der Waals surface area contributed by atoms with Crippen molar-refractivity contribution in [3.05, 3.63) is 12.2 Å². The molecule has 0 fully saturated rings. The van der Waals surface area contributed by atoms with E-state index in [1.54, 1.807) is 0 Å². The molecule has 0 saturated carbocycles. The smallest absolute Gasteiger partial charge is 0.306 e. The highest BCUT2D eigenvalue weighted by Crippen LogP contribution is 2.03. The Kier molecular flexibility index (Phi) is 7.53. The van der Waals surface area contributed by atoms with Crippen LogP contribution in [0.25, 0.3) is 0 Å². The summed E-state index contributed by atoms with van der Waals surface area (Å²) in [5.74, 6) is -0.238. The fourth-order valence-corrected chi connectivity index (χ4v) is 0.968. The summed E-state index contributed by atoms with van der Waals surface area (Å²) in [7, 11) is 0. The van der Waals surface area contributed by atoms with Crippen molar-refractivity contribution in [2.75, 3.05) is 6.61 Å². The van der Waals surface area contributed by atoms with Crippen LogP contribution in [0.5, 0.6) is 0 Å². The van der Waals surface area contributed by atoms with Crippen molar-refractivity contribution in [3.63, 3.8) is 0 Å². The number of carbonyl (C=O) groups is 1. The van der Waals surface area contributed by atoms with E-state index in [9.17, 15) is 4.79 Å². The molecule has 0 rings (SSSR count). The normalized spacial score (nSPS) is 9.14. The Morgan fingerprint density at radius 1 is 1.43 bits per heavy atom. The molecule has 14 heavy (non-hydrogen) atoms. The first-order chi connectivity index (χ1) is 6.70. The van der Waals surface area contributed by atoms with E-state index in [0.29, 0.717) is 6.42 Å². The maximum Gasteiger partial charge on any atom is 0.306 e. The summed E-state index contributed by atoms with van der Waals surface area (Å²) in [5.41, 5.74) is 0.284. The summed E-state index contributed by atoms with van der Waals surface area (Å²) < 4.78 is 4.81. The second kappa shape index (κ2) is 8.31. The molecule has 0 heterocycles. The molecule has 0 atom stereocenters. The average molecular weight is 195 g/mol. The lowest BCUT2D eigenvalue weighted by Crippen LogP contribution is -2.06. The van der Waals surface area contributed by atoms with Gasteiger partial charge in [0.15, 0.2) is 0 Å². The monoisotopic (exact) mass is 195 g/mol. The van der Waals surface area contributed by atoms with Gasteiger partial charge in [0, 0.05) is 6.42 Å². The molecule has 3 nitrogen and oxygen atoms in total. The summed E-state index contributed by atoms with van der Waals surface area (Å²) in [6.07, 6.45) is 4.67. The first-order valence-corrected chi connectivity index (χ1v) is 4.94. The van der Waals surface area contributed by atoms with Crippen molar-refractivity contribution in [1.82, 2.24) is 0 Å². The summed E-state index contributed by atoms with van der Waals surface area (Å²) in [6, 6.07) is 1.83. The zero-order valence-corrected chi connectivity index (χ0v) is 8.71. The van der Waals surface area contributed by atoms with Crippen LogP contribution < -0.4 is 0 Å². The van der Waals surface area contributed by atoms with Gasteiger partial charge < -0.3 is 4.74 Å². The highest BCUT2D eigenvalue weighted by molar-refractivity contribution is 5.69. The predicted octanol–water partition coefficient (Wildman–Crippen LogP) is 2.58. The quantitative estimate of drug-likeness (QED) is 0.356. The number of nitrogens with zero attached hydrogens (tertiary/aromatic N) is 1. The van der Waals surface area contributed by atoms with Gasteiger partial charge in [-0.2, -0.15) is 5.26 Å². The molecule has 0 bridgehead atoms. The molecule has 0 aromatic carbocycles. The van der Waals surface area contributed by atoms with Crippen molar-refractivity contribution >= 4 is 5.97 Å². The van der Waals surface area contributed by atoms with E-state index in [2.05, 4.69) is 13.5 Å². The molecule has 0 unspecified atom stereocenters. The van der Waals surface area contributed by atoms with Crippen LogP contribution in [0.3, 0.4) is 0 Å². The SMILES string of the molecule is C=C(C#N)COC(=O)CCCCCC. The van der Waals surface area contributed by atoms with Crippen LogP contribution in [0.1, 0.15) is 39.0 Å². The summed E-state index contributed by atoms with van der Waals surface area (Å²) >= 11 is 0. The van der Waals surface area contributed by atoms with Gasteiger partial charge in [-0.25, -0.2) is 0 Å². The fraction of sp³-hybridized carbons (Fsp3) is 0.636. The lowest BCUT2D eigenvalue weighted by atomic mass is 10.2. The largest absolute Gasteiger partial charge is 0.460 e. The molecule has 0 N–H and O–H groups in total. The number of hydrogen-bond acceptors (Lipinski definition) is 3. The van der Waals surface area contributed by atoms with Gasteiger partial charge in [0.05, 0.1) is 11.6 Å². The molecule has 3 heteroatoms. The molecular weight excluding hydrogens is 178 g/mol. The molecule has 0 aliphatic carbocycles. The lowest BCUT2D eigenvalue weighted by molar-refractivity contribution is -0.142. The number of rotatable bonds is 7. The molecule has 0 aliphatic rings. The first kappa shape index (κ1) is 12.7. The lowest BCUT2D eigenvalue weighted by Gasteiger charge is -2.02. The molecule has 0 saturated heterocycles. The summed E-state index contributed by atoms with van der Waals surface area (Å²) in [6.45, 7) is 5.57. The minimum Gasteiger partial charge on any atom is -0.460 e. The average Bonchev–Trinajstić information content (AvgIpc) is 2.21. The van der Waals surface area contributed by atoms with E-state index in [1.165, 1.54) is 0 Å². The van der Waals surface area contributed by atoms with Crippen LogP contribution in [0.2, 0.25) is 0 Å². The number of hydrogen-bond donors (Lipinski definition) is 0. The van der Waals surface area contributed by atoms with Crippen molar-refractivity contribution < 1.29 is 9.53 Å². The van der Waals surface area contributed by atoms with Crippen LogP contribution in [-0.4, -0.2) is 12.6 Å². The zero-order chi connectivity index (χ0) is 10.8. The van der Waals surface area contributed by atoms with Crippen molar-refractivity contribution in [3.8, 4) is 6.07 Å². The number of unbranched alkanes of at least 4 members (excludes halogenated alkanes) is 3. The van der Waals surface area contributed by atoms with Crippen LogP contribution in [0.4, 0.5) is 0 Å². The third kappa shape index (κ3) is 7.35. The number of ether oxygens (including phenoxy) is 1. The van der Waals surface area contributed by atoms with Crippen molar-refractivity contribution in [2.24, 2.45) is 0 Å². The minimum absolute atomic E-state index is 0.0309. The summed E-state index contributed by atoms with van der Waals surface area (Å²) in [4.78, 5) is 11.1. The van der Waals surface area contributed by atoms with Crippen LogP contribution in [0.15, 0.2) is 12.2 Å². The Balaban J connectivity index is 3.38. The fourth-order valence-electron chi connectivity index (χ4n) is 0.968. The third-order valence-corrected chi connectivity index (χ3v) is 1.80. The van der Waals surface area contributed by atoms with Gasteiger partial charge in [-0.3, -0.25) is 4.79 Å². The van der Waals surface area contributed by atoms with Gasteiger partial charge in [0.25, 0.3) is 0 Å². The Hall–Kier alpha value is -1.30. The van der Waals surface area contributed by atoms with Gasteiger partial charge in [-0.1, -0.05) is 32.8 Å². The highest BCUT2D eigenvalue weighted by Gasteiger charge is 2.02. The first-order valence-electron chi connectivity index (χ1n) is 4.94. The van der Waals surface area contributed by atoms with E-state index in [1.807, 2.05) is 6.07 Å². The molecule has 0 aliphatic heterocycles. The van der Waals surface area contributed by atoms with Crippen LogP contribution >= 0.6 is 0 Å². The number of nitriles is 1. The van der Waals surface area contributed by atoms with Crippen molar-refractivity contribution in [2.45, 2.75) is 39.0 Å². The Morgan fingerprint density at radius 2 is 2.14 bits per heavy atom. The van der Waals surface area contributed by atoms with Crippen LogP contribution in [-0.2, 0) is 9.53 Å². The topological polar surface area (TPSA) is 50.1 Å². The predicted molar refractivity (Wildman–Crippen MR) is 54.5 cm³/mol. The van der Waals surface area contributed by atoms with Gasteiger partial charge in [0.1, 0.15) is 6.61 Å². The molecule has 78 valence electrons. The Morgan fingerprint density at radius 3 is 2.71 bits per heavy atom. The Labute approximate surface area is 85.4 Å². The van der Waals surface area contributed by atoms with Gasteiger partial charge in [-0.15, -0.1) is 0 Å². The number of esters is 1. The highest BCUT2D eigenvalue weighted by atomic mass is 16.5. The Bertz CT molecular complexity index is 228. The van der Waals surface area contributed by atoms with E-state index >= 15 is 0 Å². The molecule has 0 aromatic rings. The molecule has 0 amide bonds. The zero-order valence-electron chi connectivity index (χ0n) is 8.71.